The Hall–Kier alpha value is -1.02. The first-order valence-electron chi connectivity index (χ1n) is 5.96. The maximum Gasteiger partial charge on any atom is 0.0499 e. The largest absolute Gasteiger partial charge is 0.313 e. The molecule has 0 bridgehead atoms. The Labute approximate surface area is 118 Å². The summed E-state index contributed by atoms with van der Waals surface area (Å²) < 4.78 is 0. The van der Waals surface area contributed by atoms with Gasteiger partial charge in [-0.25, -0.2) is 0 Å². The first-order valence-corrected chi connectivity index (χ1v) is 6.71. The Morgan fingerprint density at radius 3 is 2.61 bits per heavy atom. The molecule has 0 aliphatic heterocycles. The fourth-order valence-corrected chi connectivity index (χ4v) is 2.36. The predicted octanol–water partition coefficient (Wildman–Crippen LogP) is 4.77. The quantitative estimate of drug-likeness (QED) is 0.850. The van der Waals surface area contributed by atoms with E-state index in [1.165, 1.54) is 5.56 Å². The van der Waals surface area contributed by atoms with Gasteiger partial charge in [-0.3, -0.25) is 0 Å². The van der Waals surface area contributed by atoms with Gasteiger partial charge in [0.05, 0.1) is 0 Å². The van der Waals surface area contributed by atoms with E-state index in [-0.39, 0.29) is 0 Å². The summed E-state index contributed by atoms with van der Waals surface area (Å²) in [4.78, 5) is 0. The van der Waals surface area contributed by atoms with Crippen LogP contribution in [0.4, 0.5) is 0 Å². The zero-order valence-electron chi connectivity index (χ0n) is 10.2. The smallest absolute Gasteiger partial charge is 0.0499 e. The van der Waals surface area contributed by atoms with E-state index in [4.69, 9.17) is 23.2 Å². The molecule has 0 fully saturated rings. The summed E-state index contributed by atoms with van der Waals surface area (Å²) in [6.45, 7) is 3.93. The third kappa shape index (κ3) is 3.26. The summed E-state index contributed by atoms with van der Waals surface area (Å²) in [5.74, 6) is 0. The second-order valence-corrected chi connectivity index (χ2v) is 4.95. The molecule has 0 amide bonds. The van der Waals surface area contributed by atoms with Crippen molar-refractivity contribution in [1.82, 2.24) is 5.32 Å². The number of halogens is 2. The topological polar surface area (TPSA) is 12.0 Å². The van der Waals surface area contributed by atoms with Gasteiger partial charge in [0.1, 0.15) is 0 Å². The van der Waals surface area contributed by atoms with Crippen LogP contribution in [0.15, 0.2) is 42.5 Å². The van der Waals surface area contributed by atoms with Gasteiger partial charge in [0.2, 0.25) is 0 Å². The summed E-state index contributed by atoms with van der Waals surface area (Å²) in [5.41, 5.74) is 3.38. The van der Waals surface area contributed by atoms with Crippen LogP contribution in [-0.4, -0.2) is 6.54 Å². The van der Waals surface area contributed by atoms with Gasteiger partial charge in [0, 0.05) is 22.2 Å². The highest BCUT2D eigenvalue weighted by Crippen LogP contribution is 2.30. The highest BCUT2D eigenvalue weighted by molar-refractivity contribution is 6.36. The maximum absolute atomic E-state index is 6.22. The predicted molar refractivity (Wildman–Crippen MR) is 79.3 cm³/mol. The van der Waals surface area contributed by atoms with E-state index >= 15 is 0 Å². The molecule has 0 saturated carbocycles. The highest BCUT2D eigenvalue weighted by atomic mass is 35.5. The lowest BCUT2D eigenvalue weighted by Gasteiger charge is -2.08. The lowest BCUT2D eigenvalue weighted by atomic mass is 10.0. The molecule has 18 heavy (non-hydrogen) atoms. The molecule has 0 spiro atoms. The Morgan fingerprint density at radius 1 is 1.06 bits per heavy atom. The van der Waals surface area contributed by atoms with Gasteiger partial charge < -0.3 is 5.32 Å². The Morgan fingerprint density at radius 2 is 1.89 bits per heavy atom. The molecule has 1 N–H and O–H groups in total. The van der Waals surface area contributed by atoms with Crippen molar-refractivity contribution in [3.63, 3.8) is 0 Å². The standard InChI is InChI=1S/C15H15Cl2N/c1-2-18-10-11-4-3-5-12(8-11)14-7-6-13(16)9-15(14)17/h3-9,18H,2,10H2,1H3. The van der Waals surface area contributed by atoms with Crippen LogP contribution in [0.5, 0.6) is 0 Å². The second kappa shape index (κ2) is 6.24. The van der Waals surface area contributed by atoms with E-state index in [9.17, 15) is 0 Å². The molecule has 0 heterocycles. The van der Waals surface area contributed by atoms with Crippen LogP contribution in [0, 0.1) is 0 Å². The van der Waals surface area contributed by atoms with Crippen molar-refractivity contribution in [3.8, 4) is 11.1 Å². The molecule has 0 unspecified atom stereocenters. The van der Waals surface area contributed by atoms with Crippen molar-refractivity contribution in [3.05, 3.63) is 58.1 Å². The molecule has 2 rings (SSSR count). The van der Waals surface area contributed by atoms with E-state index in [1.54, 1.807) is 6.07 Å². The number of rotatable bonds is 4. The van der Waals surface area contributed by atoms with Crippen molar-refractivity contribution < 1.29 is 0 Å². The minimum atomic E-state index is 0.660. The van der Waals surface area contributed by atoms with Gasteiger partial charge in [-0.2, -0.15) is 0 Å². The van der Waals surface area contributed by atoms with Gasteiger partial charge in [-0.05, 0) is 35.9 Å². The molecule has 2 aromatic carbocycles. The minimum absolute atomic E-state index is 0.660. The molecule has 0 atom stereocenters. The molecular formula is C15H15Cl2N. The van der Waals surface area contributed by atoms with Crippen LogP contribution in [0.25, 0.3) is 11.1 Å². The van der Waals surface area contributed by atoms with E-state index < -0.39 is 0 Å². The zero-order chi connectivity index (χ0) is 13.0. The maximum atomic E-state index is 6.22. The second-order valence-electron chi connectivity index (χ2n) is 4.10. The molecular weight excluding hydrogens is 265 g/mol. The van der Waals surface area contributed by atoms with Gasteiger partial charge in [0.25, 0.3) is 0 Å². The van der Waals surface area contributed by atoms with Gasteiger partial charge >= 0.3 is 0 Å². The molecule has 0 radical (unpaired) electrons. The third-order valence-electron chi connectivity index (χ3n) is 2.75. The molecule has 0 aliphatic rings. The number of hydrogen-bond donors (Lipinski definition) is 1. The highest BCUT2D eigenvalue weighted by Gasteiger charge is 2.04. The first-order chi connectivity index (χ1) is 8.70. The molecule has 94 valence electrons. The minimum Gasteiger partial charge on any atom is -0.313 e. The molecule has 3 heteroatoms. The normalized spacial score (nSPS) is 10.6. The van der Waals surface area contributed by atoms with Crippen molar-refractivity contribution in [2.45, 2.75) is 13.5 Å². The van der Waals surface area contributed by atoms with Crippen LogP contribution in [0.1, 0.15) is 12.5 Å². The monoisotopic (exact) mass is 279 g/mol. The average molecular weight is 280 g/mol. The summed E-state index contributed by atoms with van der Waals surface area (Å²) >= 11 is 12.1. The van der Waals surface area contributed by atoms with Crippen LogP contribution in [-0.2, 0) is 6.54 Å². The average Bonchev–Trinajstić information content (AvgIpc) is 2.36. The molecule has 2 aromatic rings. The Kier molecular flexibility index (Phi) is 4.65. The molecule has 1 nitrogen and oxygen atoms in total. The lowest BCUT2D eigenvalue weighted by molar-refractivity contribution is 0.727. The Bertz CT molecular complexity index is 538. The van der Waals surface area contributed by atoms with Crippen molar-refractivity contribution in [2.24, 2.45) is 0 Å². The van der Waals surface area contributed by atoms with Crippen LogP contribution >= 0.6 is 23.2 Å². The van der Waals surface area contributed by atoms with Crippen LogP contribution in [0.2, 0.25) is 10.0 Å². The molecule has 0 aliphatic carbocycles. The van der Waals surface area contributed by atoms with Crippen molar-refractivity contribution in [2.75, 3.05) is 6.54 Å². The summed E-state index contributed by atoms with van der Waals surface area (Å²) in [7, 11) is 0. The third-order valence-corrected chi connectivity index (χ3v) is 3.30. The lowest BCUT2D eigenvalue weighted by Crippen LogP contribution is -2.11. The fraction of sp³-hybridized carbons (Fsp3) is 0.200. The zero-order valence-corrected chi connectivity index (χ0v) is 11.7. The Balaban J connectivity index is 2.32. The number of hydrogen-bond acceptors (Lipinski definition) is 1. The summed E-state index contributed by atoms with van der Waals surface area (Å²) in [6, 6.07) is 14.0. The SMILES string of the molecule is CCNCc1cccc(-c2ccc(Cl)cc2Cl)c1. The summed E-state index contributed by atoms with van der Waals surface area (Å²) in [5, 5.41) is 4.66. The van der Waals surface area contributed by atoms with Crippen molar-refractivity contribution >= 4 is 23.2 Å². The first kappa shape index (κ1) is 13.4. The van der Waals surface area contributed by atoms with Gasteiger partial charge in [0.15, 0.2) is 0 Å². The summed E-state index contributed by atoms with van der Waals surface area (Å²) in [6.07, 6.45) is 0. The van der Waals surface area contributed by atoms with Gasteiger partial charge in [-0.15, -0.1) is 0 Å². The fourth-order valence-electron chi connectivity index (χ4n) is 1.84. The van der Waals surface area contributed by atoms with E-state index in [1.807, 2.05) is 18.2 Å². The van der Waals surface area contributed by atoms with E-state index in [0.29, 0.717) is 10.0 Å². The van der Waals surface area contributed by atoms with E-state index in [2.05, 4.69) is 30.4 Å². The van der Waals surface area contributed by atoms with Crippen LogP contribution in [0.3, 0.4) is 0 Å². The van der Waals surface area contributed by atoms with Gasteiger partial charge in [-0.1, -0.05) is 54.4 Å². The molecule has 0 aromatic heterocycles. The number of nitrogens with one attached hydrogen (secondary N) is 1. The van der Waals surface area contributed by atoms with Crippen molar-refractivity contribution in [1.29, 1.82) is 0 Å². The van der Waals surface area contributed by atoms with E-state index in [0.717, 1.165) is 24.2 Å². The number of benzene rings is 2. The molecule has 0 saturated heterocycles. The van der Waals surface area contributed by atoms with Crippen LogP contribution < -0.4 is 5.32 Å².